The van der Waals surface area contributed by atoms with E-state index in [2.05, 4.69) is 11.9 Å². The van der Waals surface area contributed by atoms with Gasteiger partial charge in [-0.1, -0.05) is 6.92 Å². The number of nitrogens with zero attached hydrogens (tertiary/aromatic N) is 2. The Hall–Kier alpha value is -1.84. The summed E-state index contributed by atoms with van der Waals surface area (Å²) in [6.07, 6.45) is 4.65. The molecule has 1 aromatic heterocycles. The van der Waals surface area contributed by atoms with E-state index in [9.17, 15) is 4.39 Å². The standard InChI is InChI=1S/C12H14FN3/c1-2-6-16-7-5-15-12(16)10-4-3-9(13)8-11(10)14/h3-5,7-8H,2,6,14H2,1H3. The number of benzene rings is 1. The summed E-state index contributed by atoms with van der Waals surface area (Å²) in [4.78, 5) is 4.26. The van der Waals surface area contributed by atoms with Crippen LogP contribution in [0.2, 0.25) is 0 Å². The molecule has 0 radical (unpaired) electrons. The minimum atomic E-state index is -0.324. The molecule has 2 rings (SSSR count). The fraction of sp³-hybridized carbons (Fsp3) is 0.250. The Balaban J connectivity index is 2.46. The Morgan fingerprint density at radius 3 is 2.94 bits per heavy atom. The zero-order valence-corrected chi connectivity index (χ0v) is 9.15. The highest BCUT2D eigenvalue weighted by Gasteiger charge is 2.09. The molecule has 3 nitrogen and oxygen atoms in total. The maximum absolute atomic E-state index is 12.9. The third kappa shape index (κ3) is 1.91. The number of imidazole rings is 1. The van der Waals surface area contributed by atoms with Crippen LogP contribution in [0.5, 0.6) is 0 Å². The molecule has 0 bridgehead atoms. The highest BCUT2D eigenvalue weighted by molar-refractivity contribution is 5.71. The van der Waals surface area contributed by atoms with E-state index in [-0.39, 0.29) is 5.82 Å². The van der Waals surface area contributed by atoms with Crippen LogP contribution in [0.15, 0.2) is 30.6 Å². The number of nitrogen functional groups attached to an aromatic ring is 1. The van der Waals surface area contributed by atoms with Crippen molar-refractivity contribution in [2.75, 3.05) is 5.73 Å². The van der Waals surface area contributed by atoms with Gasteiger partial charge in [-0.25, -0.2) is 9.37 Å². The number of aryl methyl sites for hydroxylation is 1. The number of hydrogen-bond acceptors (Lipinski definition) is 2. The largest absolute Gasteiger partial charge is 0.398 e. The van der Waals surface area contributed by atoms with Gasteiger partial charge in [-0.05, 0) is 24.6 Å². The van der Waals surface area contributed by atoms with Crippen molar-refractivity contribution in [3.63, 3.8) is 0 Å². The normalized spacial score (nSPS) is 10.6. The smallest absolute Gasteiger partial charge is 0.141 e. The second kappa shape index (κ2) is 4.35. The van der Waals surface area contributed by atoms with Gasteiger partial charge < -0.3 is 10.3 Å². The molecular weight excluding hydrogens is 205 g/mol. The van der Waals surface area contributed by atoms with E-state index in [4.69, 9.17) is 5.73 Å². The first kappa shape index (κ1) is 10.7. The molecule has 4 heteroatoms. The van der Waals surface area contributed by atoms with Gasteiger partial charge in [0.1, 0.15) is 11.6 Å². The van der Waals surface area contributed by atoms with E-state index in [1.54, 1.807) is 12.3 Å². The van der Waals surface area contributed by atoms with Crippen molar-refractivity contribution in [1.82, 2.24) is 9.55 Å². The lowest BCUT2D eigenvalue weighted by molar-refractivity contribution is 0.628. The van der Waals surface area contributed by atoms with Crippen LogP contribution in [0, 0.1) is 5.82 Å². The summed E-state index contributed by atoms with van der Waals surface area (Å²) in [7, 11) is 0. The van der Waals surface area contributed by atoms with Gasteiger partial charge in [-0.2, -0.15) is 0 Å². The maximum atomic E-state index is 12.9. The number of aromatic nitrogens is 2. The number of rotatable bonds is 3. The lowest BCUT2D eigenvalue weighted by Gasteiger charge is -2.08. The van der Waals surface area contributed by atoms with Crippen LogP contribution in [0.4, 0.5) is 10.1 Å². The lowest BCUT2D eigenvalue weighted by Crippen LogP contribution is -2.01. The maximum Gasteiger partial charge on any atom is 0.141 e. The second-order valence-corrected chi connectivity index (χ2v) is 3.68. The number of anilines is 1. The molecule has 84 valence electrons. The third-order valence-corrected chi connectivity index (χ3v) is 2.43. The van der Waals surface area contributed by atoms with E-state index in [0.717, 1.165) is 24.4 Å². The summed E-state index contributed by atoms with van der Waals surface area (Å²) in [6.45, 7) is 2.98. The van der Waals surface area contributed by atoms with Gasteiger partial charge in [0.2, 0.25) is 0 Å². The van der Waals surface area contributed by atoms with Crippen LogP contribution < -0.4 is 5.73 Å². The van der Waals surface area contributed by atoms with Crippen molar-refractivity contribution >= 4 is 5.69 Å². The molecule has 0 saturated carbocycles. The van der Waals surface area contributed by atoms with Crippen molar-refractivity contribution in [3.8, 4) is 11.4 Å². The van der Waals surface area contributed by atoms with Crippen LogP contribution in [0.1, 0.15) is 13.3 Å². The van der Waals surface area contributed by atoms with Crippen molar-refractivity contribution in [3.05, 3.63) is 36.4 Å². The average molecular weight is 219 g/mol. The Morgan fingerprint density at radius 1 is 1.44 bits per heavy atom. The van der Waals surface area contributed by atoms with E-state index < -0.39 is 0 Å². The number of nitrogens with two attached hydrogens (primary N) is 1. The Bertz CT molecular complexity index is 491. The Morgan fingerprint density at radius 2 is 2.25 bits per heavy atom. The second-order valence-electron chi connectivity index (χ2n) is 3.68. The van der Waals surface area contributed by atoms with E-state index in [1.165, 1.54) is 12.1 Å². The summed E-state index contributed by atoms with van der Waals surface area (Å²) < 4.78 is 14.9. The minimum absolute atomic E-state index is 0.324. The quantitative estimate of drug-likeness (QED) is 0.806. The Labute approximate surface area is 93.7 Å². The van der Waals surface area contributed by atoms with Crippen molar-refractivity contribution in [1.29, 1.82) is 0 Å². The number of halogens is 1. The predicted molar refractivity (Wildman–Crippen MR) is 62.3 cm³/mol. The summed E-state index contributed by atoms with van der Waals surface area (Å²) in [5.41, 5.74) is 6.98. The third-order valence-electron chi connectivity index (χ3n) is 2.43. The van der Waals surface area contributed by atoms with Gasteiger partial charge in [0.25, 0.3) is 0 Å². The van der Waals surface area contributed by atoms with Crippen molar-refractivity contribution in [2.45, 2.75) is 19.9 Å². The zero-order valence-electron chi connectivity index (χ0n) is 9.15. The van der Waals surface area contributed by atoms with Gasteiger partial charge in [-0.15, -0.1) is 0 Å². The highest BCUT2D eigenvalue weighted by Crippen LogP contribution is 2.25. The molecule has 0 unspecified atom stereocenters. The molecule has 1 heterocycles. The van der Waals surface area contributed by atoms with Crippen LogP contribution in [0.3, 0.4) is 0 Å². The van der Waals surface area contributed by atoms with E-state index in [1.807, 2.05) is 10.8 Å². The molecule has 2 N–H and O–H groups in total. The lowest BCUT2D eigenvalue weighted by atomic mass is 10.1. The van der Waals surface area contributed by atoms with E-state index >= 15 is 0 Å². The molecule has 0 atom stereocenters. The minimum Gasteiger partial charge on any atom is -0.398 e. The highest BCUT2D eigenvalue weighted by atomic mass is 19.1. The predicted octanol–water partition coefficient (Wildman–Crippen LogP) is 2.68. The van der Waals surface area contributed by atoms with Crippen LogP contribution in [-0.4, -0.2) is 9.55 Å². The molecule has 16 heavy (non-hydrogen) atoms. The molecule has 0 fully saturated rings. The van der Waals surface area contributed by atoms with Gasteiger partial charge in [0.05, 0.1) is 0 Å². The summed E-state index contributed by atoms with van der Waals surface area (Å²) >= 11 is 0. The molecule has 0 aliphatic rings. The molecule has 0 aliphatic heterocycles. The summed E-state index contributed by atoms with van der Waals surface area (Å²) in [5.74, 6) is 0.467. The summed E-state index contributed by atoms with van der Waals surface area (Å²) in [6, 6.07) is 4.39. The van der Waals surface area contributed by atoms with Crippen LogP contribution in [-0.2, 0) is 6.54 Å². The molecule has 1 aromatic carbocycles. The average Bonchev–Trinajstić information content (AvgIpc) is 2.67. The fourth-order valence-corrected chi connectivity index (χ4v) is 1.71. The first-order valence-corrected chi connectivity index (χ1v) is 5.29. The molecule has 0 spiro atoms. The monoisotopic (exact) mass is 219 g/mol. The first-order valence-electron chi connectivity index (χ1n) is 5.29. The first-order chi connectivity index (χ1) is 7.72. The van der Waals surface area contributed by atoms with E-state index in [0.29, 0.717) is 5.69 Å². The summed E-state index contributed by atoms with van der Waals surface area (Å²) in [5, 5.41) is 0. The SMILES string of the molecule is CCCn1ccnc1-c1ccc(F)cc1N. The molecule has 0 amide bonds. The molecule has 0 saturated heterocycles. The topological polar surface area (TPSA) is 43.8 Å². The van der Waals surface area contributed by atoms with Gasteiger partial charge >= 0.3 is 0 Å². The number of hydrogen-bond donors (Lipinski definition) is 1. The van der Waals surface area contributed by atoms with Gasteiger partial charge in [0.15, 0.2) is 0 Å². The van der Waals surface area contributed by atoms with Gasteiger partial charge in [0, 0.05) is 30.2 Å². The fourth-order valence-electron chi connectivity index (χ4n) is 1.71. The molecule has 0 aliphatic carbocycles. The Kier molecular flexibility index (Phi) is 2.90. The van der Waals surface area contributed by atoms with Crippen molar-refractivity contribution < 1.29 is 4.39 Å². The van der Waals surface area contributed by atoms with Crippen LogP contribution in [0.25, 0.3) is 11.4 Å². The molecule has 2 aromatic rings. The molecular formula is C12H14FN3. The van der Waals surface area contributed by atoms with Crippen molar-refractivity contribution in [2.24, 2.45) is 0 Å². The zero-order chi connectivity index (χ0) is 11.5. The van der Waals surface area contributed by atoms with Crippen LogP contribution >= 0.6 is 0 Å². The van der Waals surface area contributed by atoms with Gasteiger partial charge in [-0.3, -0.25) is 0 Å².